The van der Waals surface area contributed by atoms with Crippen LogP contribution in [0.25, 0.3) is 0 Å². The Balaban J connectivity index is 6.24. The van der Waals surface area contributed by atoms with Crippen LogP contribution in [0.4, 0.5) is 0 Å². The van der Waals surface area contributed by atoms with Crippen molar-refractivity contribution in [3.8, 4) is 0 Å². The minimum atomic E-state index is -0.838. The Morgan fingerprint density at radius 1 is 0.667 bits per heavy atom. The van der Waals surface area contributed by atoms with Crippen LogP contribution in [-0.2, 0) is 24.0 Å². The number of carbonyl (C=O) groups excluding carboxylic acids is 5. The van der Waals surface area contributed by atoms with Gasteiger partial charge < -0.3 is 24.9 Å². The molecule has 5 amide bonds. The highest BCUT2D eigenvalue weighted by Gasteiger charge is 2.40. The maximum Gasteiger partial charge on any atom is 0.246 e. The molecule has 226 valence electrons. The lowest BCUT2D eigenvalue weighted by molar-refractivity contribution is -0.153. The van der Waals surface area contributed by atoms with Crippen molar-refractivity contribution in [3.05, 3.63) is 0 Å². The van der Waals surface area contributed by atoms with E-state index in [9.17, 15) is 24.0 Å². The first-order valence-electron chi connectivity index (χ1n) is 14.2. The first-order valence-corrected chi connectivity index (χ1v) is 14.2. The van der Waals surface area contributed by atoms with Crippen molar-refractivity contribution in [2.45, 2.75) is 105 Å². The zero-order valence-corrected chi connectivity index (χ0v) is 26.7. The Bertz CT molecular complexity index is 842. The molecule has 0 radical (unpaired) electrons. The van der Waals surface area contributed by atoms with Gasteiger partial charge in [-0.3, -0.25) is 24.0 Å². The molecule has 0 saturated heterocycles. The van der Waals surface area contributed by atoms with Crippen LogP contribution < -0.4 is 5.32 Å². The van der Waals surface area contributed by atoms with Crippen LogP contribution in [0.5, 0.6) is 0 Å². The van der Waals surface area contributed by atoms with Gasteiger partial charge >= 0.3 is 0 Å². The molecule has 0 aromatic heterocycles. The van der Waals surface area contributed by atoms with Crippen LogP contribution in [0.3, 0.4) is 0 Å². The molecule has 10 nitrogen and oxygen atoms in total. The van der Waals surface area contributed by atoms with Gasteiger partial charge in [-0.25, -0.2) is 0 Å². The molecule has 4 atom stereocenters. The predicted octanol–water partition coefficient (Wildman–Crippen LogP) is 2.61. The SMILES string of the molecule is CCCC(NC(=O)C(CC(C)C)N(C)C(=O)C(C(C)C)N(C)C(=O)C(CC(C)C)N(C)C(C)=O)C(=O)N(C)C. The average Bonchev–Trinajstić information content (AvgIpc) is 2.82. The Morgan fingerprint density at radius 3 is 1.54 bits per heavy atom. The van der Waals surface area contributed by atoms with Gasteiger partial charge in [-0.2, -0.15) is 0 Å². The van der Waals surface area contributed by atoms with Crippen molar-refractivity contribution in [2.24, 2.45) is 17.8 Å². The van der Waals surface area contributed by atoms with Crippen LogP contribution in [0, 0.1) is 17.8 Å². The highest BCUT2D eigenvalue weighted by atomic mass is 16.2. The molecule has 4 unspecified atom stereocenters. The Morgan fingerprint density at radius 2 is 1.15 bits per heavy atom. The molecule has 1 N–H and O–H groups in total. The second-order valence-corrected chi connectivity index (χ2v) is 12.1. The summed E-state index contributed by atoms with van der Waals surface area (Å²) in [6, 6.07) is -3.04. The summed E-state index contributed by atoms with van der Waals surface area (Å²) in [5.41, 5.74) is 0. The van der Waals surface area contributed by atoms with Crippen molar-refractivity contribution in [3.63, 3.8) is 0 Å². The van der Waals surface area contributed by atoms with Gasteiger partial charge in [-0.1, -0.05) is 54.9 Å². The van der Waals surface area contributed by atoms with Gasteiger partial charge in [-0.15, -0.1) is 0 Å². The number of rotatable bonds is 15. The second kappa shape index (κ2) is 16.5. The Labute approximate surface area is 236 Å². The zero-order chi connectivity index (χ0) is 30.8. The van der Waals surface area contributed by atoms with E-state index in [2.05, 4.69) is 5.32 Å². The fourth-order valence-electron chi connectivity index (χ4n) is 4.74. The second-order valence-electron chi connectivity index (χ2n) is 12.1. The van der Waals surface area contributed by atoms with E-state index in [1.54, 1.807) is 35.2 Å². The normalized spacial score (nSPS) is 14.5. The van der Waals surface area contributed by atoms with Crippen LogP contribution in [0.1, 0.15) is 81.1 Å². The predicted molar refractivity (Wildman–Crippen MR) is 155 cm³/mol. The molecule has 0 aliphatic carbocycles. The molecular formula is C29H55N5O5. The van der Waals surface area contributed by atoms with E-state index in [1.165, 1.54) is 26.5 Å². The molecule has 0 aliphatic heterocycles. The van der Waals surface area contributed by atoms with Gasteiger partial charge in [0.1, 0.15) is 24.2 Å². The minimum absolute atomic E-state index is 0.0988. The summed E-state index contributed by atoms with van der Waals surface area (Å²) < 4.78 is 0. The summed E-state index contributed by atoms with van der Waals surface area (Å²) >= 11 is 0. The van der Waals surface area contributed by atoms with Gasteiger partial charge in [0.15, 0.2) is 0 Å². The summed E-state index contributed by atoms with van der Waals surface area (Å²) in [5.74, 6) is -1.48. The lowest BCUT2D eigenvalue weighted by Crippen LogP contribution is -2.60. The van der Waals surface area contributed by atoms with Crippen molar-refractivity contribution in [2.75, 3.05) is 35.2 Å². The smallest absolute Gasteiger partial charge is 0.246 e. The molecule has 10 heteroatoms. The van der Waals surface area contributed by atoms with Crippen molar-refractivity contribution < 1.29 is 24.0 Å². The number of nitrogens with one attached hydrogen (secondary N) is 1. The van der Waals surface area contributed by atoms with Gasteiger partial charge in [0, 0.05) is 42.2 Å². The van der Waals surface area contributed by atoms with E-state index in [0.717, 1.165) is 0 Å². The lowest BCUT2D eigenvalue weighted by Gasteiger charge is -2.39. The molecule has 0 aliphatic rings. The molecule has 0 rings (SSSR count). The first kappa shape index (κ1) is 36.4. The minimum Gasteiger partial charge on any atom is -0.347 e. The van der Waals surface area contributed by atoms with E-state index in [0.29, 0.717) is 25.7 Å². The van der Waals surface area contributed by atoms with Crippen LogP contribution >= 0.6 is 0 Å². The summed E-state index contributed by atoms with van der Waals surface area (Å²) in [4.78, 5) is 71.7. The topological polar surface area (TPSA) is 110 Å². The van der Waals surface area contributed by atoms with E-state index in [-0.39, 0.29) is 41.4 Å². The van der Waals surface area contributed by atoms with Crippen LogP contribution in [0.2, 0.25) is 0 Å². The van der Waals surface area contributed by atoms with Gasteiger partial charge in [-0.05, 0) is 37.0 Å². The fraction of sp³-hybridized carbons (Fsp3) is 0.828. The van der Waals surface area contributed by atoms with E-state index in [1.807, 2.05) is 48.5 Å². The lowest BCUT2D eigenvalue weighted by atomic mass is 9.95. The summed E-state index contributed by atoms with van der Waals surface area (Å²) in [5, 5.41) is 2.88. The maximum atomic E-state index is 14.0. The third-order valence-corrected chi connectivity index (χ3v) is 7.04. The molecular weight excluding hydrogens is 498 g/mol. The summed E-state index contributed by atoms with van der Waals surface area (Å²) in [6.07, 6.45) is 2.06. The Kier molecular flexibility index (Phi) is 15.3. The highest BCUT2D eigenvalue weighted by Crippen LogP contribution is 2.21. The molecule has 0 saturated carbocycles. The number of hydrogen-bond acceptors (Lipinski definition) is 5. The number of likely N-dealkylation sites (N-methyl/N-ethyl adjacent to an activating group) is 4. The summed E-state index contributed by atoms with van der Waals surface area (Å²) in [7, 11) is 8.07. The quantitative estimate of drug-likeness (QED) is 0.335. The highest BCUT2D eigenvalue weighted by molar-refractivity contribution is 5.95. The van der Waals surface area contributed by atoms with Crippen LogP contribution in [0.15, 0.2) is 0 Å². The van der Waals surface area contributed by atoms with E-state index >= 15 is 0 Å². The van der Waals surface area contributed by atoms with Gasteiger partial charge in [0.25, 0.3) is 0 Å². The monoisotopic (exact) mass is 553 g/mol. The first-order chi connectivity index (χ1) is 17.9. The third-order valence-electron chi connectivity index (χ3n) is 7.04. The average molecular weight is 554 g/mol. The maximum absolute atomic E-state index is 14.0. The number of hydrogen-bond donors (Lipinski definition) is 1. The standard InChI is InChI=1S/C29H55N5O5/c1-14-15-22(27(37)31(9)10)30-26(36)23(16-18(2)3)33(12)29(39)25(20(6)7)34(13)28(38)24(17-19(4)5)32(11)21(8)35/h18-20,22-25H,14-17H2,1-13H3,(H,30,36). The fourth-order valence-corrected chi connectivity index (χ4v) is 4.74. The van der Waals surface area contributed by atoms with E-state index < -0.39 is 30.1 Å². The van der Waals surface area contributed by atoms with E-state index in [4.69, 9.17) is 0 Å². The number of carbonyl (C=O) groups is 5. The molecule has 0 aromatic carbocycles. The molecule has 0 spiro atoms. The molecule has 0 heterocycles. The third kappa shape index (κ3) is 10.8. The largest absolute Gasteiger partial charge is 0.347 e. The van der Waals surface area contributed by atoms with Crippen molar-refractivity contribution in [1.82, 2.24) is 24.9 Å². The Hall–Kier alpha value is -2.65. The molecule has 0 bridgehead atoms. The van der Waals surface area contributed by atoms with Crippen LogP contribution in [-0.4, -0.2) is 109 Å². The number of nitrogens with zero attached hydrogens (tertiary/aromatic N) is 4. The van der Waals surface area contributed by atoms with Gasteiger partial charge in [0.05, 0.1) is 0 Å². The summed E-state index contributed by atoms with van der Waals surface area (Å²) in [6.45, 7) is 15.0. The molecule has 39 heavy (non-hydrogen) atoms. The van der Waals surface area contributed by atoms with Crippen molar-refractivity contribution in [1.29, 1.82) is 0 Å². The molecule has 0 aromatic rings. The van der Waals surface area contributed by atoms with Crippen molar-refractivity contribution >= 4 is 29.5 Å². The number of amides is 5. The van der Waals surface area contributed by atoms with Gasteiger partial charge in [0.2, 0.25) is 29.5 Å². The molecule has 0 fully saturated rings. The zero-order valence-electron chi connectivity index (χ0n) is 26.7.